The van der Waals surface area contributed by atoms with Crippen LogP contribution in [0, 0.1) is 5.82 Å². The smallest absolute Gasteiger partial charge is 0.246 e. The zero-order valence-electron chi connectivity index (χ0n) is 12.5. The van der Waals surface area contributed by atoms with Crippen molar-refractivity contribution < 1.29 is 12.8 Å². The number of nitrogens with zero attached hydrogens (tertiary/aromatic N) is 3. The average Bonchev–Trinajstić information content (AvgIpc) is 2.57. The number of benzene rings is 1. The molecule has 128 valence electrons. The minimum atomic E-state index is -3.88. The Kier molecular flexibility index (Phi) is 5.10. The molecule has 1 aromatic heterocycles. The van der Waals surface area contributed by atoms with Gasteiger partial charge in [0.15, 0.2) is 0 Å². The molecule has 0 N–H and O–H groups in total. The maximum absolute atomic E-state index is 14.0. The molecule has 1 aliphatic rings. The number of piperazine rings is 1. The van der Waals surface area contributed by atoms with E-state index in [1.807, 2.05) is 4.90 Å². The molecule has 0 radical (unpaired) electrons. The predicted molar refractivity (Wildman–Crippen MR) is 94.3 cm³/mol. The third kappa shape index (κ3) is 3.42. The van der Waals surface area contributed by atoms with Crippen molar-refractivity contribution in [3.63, 3.8) is 0 Å². The van der Waals surface area contributed by atoms with Gasteiger partial charge in [-0.3, -0.25) is 0 Å². The van der Waals surface area contributed by atoms with E-state index in [0.717, 1.165) is 6.07 Å². The van der Waals surface area contributed by atoms with Crippen LogP contribution >= 0.6 is 27.5 Å². The van der Waals surface area contributed by atoms with Crippen LogP contribution in [0.5, 0.6) is 0 Å². The third-order valence-electron chi connectivity index (χ3n) is 3.79. The van der Waals surface area contributed by atoms with Gasteiger partial charge in [0.1, 0.15) is 16.5 Å². The summed E-state index contributed by atoms with van der Waals surface area (Å²) >= 11 is 9.31. The maximum Gasteiger partial charge on any atom is 0.246 e. The normalized spacial score (nSPS) is 16.4. The number of hydrogen-bond donors (Lipinski definition) is 0. The van der Waals surface area contributed by atoms with Crippen molar-refractivity contribution in [3.8, 4) is 0 Å². The first kappa shape index (κ1) is 17.6. The fourth-order valence-corrected chi connectivity index (χ4v) is 4.83. The summed E-state index contributed by atoms with van der Waals surface area (Å²) in [7, 11) is -3.88. The van der Waals surface area contributed by atoms with Crippen LogP contribution in [-0.2, 0) is 10.0 Å². The molecule has 1 saturated heterocycles. The van der Waals surface area contributed by atoms with E-state index in [4.69, 9.17) is 11.6 Å². The Morgan fingerprint density at radius 1 is 1.17 bits per heavy atom. The molecule has 1 aromatic carbocycles. The summed E-state index contributed by atoms with van der Waals surface area (Å²) in [5, 5.41) is 0.520. The lowest BCUT2D eigenvalue weighted by Crippen LogP contribution is -2.49. The summed E-state index contributed by atoms with van der Waals surface area (Å²) in [6, 6.07) is 7.37. The Bertz CT molecular complexity index is 858. The van der Waals surface area contributed by atoms with Crippen LogP contribution in [-0.4, -0.2) is 43.9 Å². The molecular formula is C15H14BrClFN3O2S. The van der Waals surface area contributed by atoms with Gasteiger partial charge in [0.05, 0.1) is 5.02 Å². The van der Waals surface area contributed by atoms with Gasteiger partial charge in [0.25, 0.3) is 0 Å². The Labute approximate surface area is 153 Å². The lowest BCUT2D eigenvalue weighted by molar-refractivity contribution is 0.381. The molecule has 0 spiro atoms. The first-order chi connectivity index (χ1) is 11.4. The molecule has 9 heteroatoms. The Morgan fingerprint density at radius 2 is 1.88 bits per heavy atom. The van der Waals surface area contributed by atoms with Gasteiger partial charge < -0.3 is 4.90 Å². The first-order valence-electron chi connectivity index (χ1n) is 7.20. The maximum atomic E-state index is 14.0. The summed E-state index contributed by atoms with van der Waals surface area (Å²) < 4.78 is 41.1. The fourth-order valence-electron chi connectivity index (χ4n) is 2.56. The molecule has 0 aliphatic carbocycles. The second kappa shape index (κ2) is 6.95. The van der Waals surface area contributed by atoms with Crippen molar-refractivity contribution in [2.24, 2.45) is 0 Å². The van der Waals surface area contributed by atoms with Gasteiger partial charge in [-0.1, -0.05) is 27.5 Å². The highest BCUT2D eigenvalue weighted by Gasteiger charge is 2.31. The highest BCUT2D eigenvalue weighted by Crippen LogP contribution is 2.27. The highest BCUT2D eigenvalue weighted by atomic mass is 79.9. The molecule has 0 bridgehead atoms. The number of anilines is 1. The van der Waals surface area contributed by atoms with Crippen LogP contribution in [0.1, 0.15) is 0 Å². The van der Waals surface area contributed by atoms with Crippen LogP contribution in [0.4, 0.5) is 10.2 Å². The van der Waals surface area contributed by atoms with E-state index in [2.05, 4.69) is 20.9 Å². The monoisotopic (exact) mass is 433 g/mol. The number of rotatable bonds is 3. The topological polar surface area (TPSA) is 53.5 Å². The van der Waals surface area contributed by atoms with Crippen LogP contribution in [0.3, 0.4) is 0 Å². The molecule has 3 rings (SSSR count). The SMILES string of the molecule is O=S(=O)(c1cc(Br)ccc1F)N1CCN(c2ncccc2Cl)CC1. The zero-order chi connectivity index (χ0) is 17.3. The summed E-state index contributed by atoms with van der Waals surface area (Å²) in [6.07, 6.45) is 1.64. The van der Waals surface area contributed by atoms with Crippen molar-refractivity contribution >= 4 is 43.4 Å². The van der Waals surface area contributed by atoms with Gasteiger partial charge in [-0.2, -0.15) is 4.31 Å². The molecular weight excluding hydrogens is 421 g/mol. The van der Waals surface area contributed by atoms with Crippen LogP contribution in [0.15, 0.2) is 45.9 Å². The summed E-state index contributed by atoms with van der Waals surface area (Å²) in [5.74, 6) is -0.127. The van der Waals surface area contributed by atoms with E-state index in [-0.39, 0.29) is 18.0 Å². The van der Waals surface area contributed by atoms with Crippen molar-refractivity contribution in [2.45, 2.75) is 4.90 Å². The lowest BCUT2D eigenvalue weighted by Gasteiger charge is -2.35. The van der Waals surface area contributed by atoms with E-state index in [0.29, 0.717) is 28.4 Å². The fraction of sp³-hybridized carbons (Fsp3) is 0.267. The molecule has 24 heavy (non-hydrogen) atoms. The summed E-state index contributed by atoms with van der Waals surface area (Å²) in [5.41, 5.74) is 0. The number of sulfonamides is 1. The van der Waals surface area contributed by atoms with Crippen molar-refractivity contribution in [1.82, 2.24) is 9.29 Å². The lowest BCUT2D eigenvalue weighted by atomic mass is 10.3. The largest absolute Gasteiger partial charge is 0.353 e. The van der Waals surface area contributed by atoms with Crippen LogP contribution in [0.25, 0.3) is 0 Å². The van der Waals surface area contributed by atoms with Gasteiger partial charge in [0, 0.05) is 36.8 Å². The van der Waals surface area contributed by atoms with E-state index in [1.165, 1.54) is 16.4 Å². The van der Waals surface area contributed by atoms with Gasteiger partial charge in [0.2, 0.25) is 10.0 Å². The minimum absolute atomic E-state index is 0.237. The van der Waals surface area contributed by atoms with Crippen LogP contribution in [0.2, 0.25) is 5.02 Å². The molecule has 5 nitrogen and oxygen atoms in total. The third-order valence-corrected chi connectivity index (χ3v) is 6.49. The van der Waals surface area contributed by atoms with Gasteiger partial charge >= 0.3 is 0 Å². The number of hydrogen-bond acceptors (Lipinski definition) is 4. The molecule has 2 heterocycles. The molecule has 0 saturated carbocycles. The Balaban J connectivity index is 1.79. The molecule has 2 aromatic rings. The first-order valence-corrected chi connectivity index (χ1v) is 9.81. The quantitative estimate of drug-likeness (QED) is 0.745. The summed E-state index contributed by atoms with van der Waals surface area (Å²) in [4.78, 5) is 5.84. The highest BCUT2D eigenvalue weighted by molar-refractivity contribution is 9.10. The van der Waals surface area contributed by atoms with E-state index >= 15 is 0 Å². The molecule has 0 unspecified atom stereocenters. The number of aromatic nitrogens is 1. The van der Waals surface area contributed by atoms with E-state index < -0.39 is 15.8 Å². The van der Waals surface area contributed by atoms with Gasteiger partial charge in [-0.25, -0.2) is 17.8 Å². The standard InChI is InChI=1S/C15H14BrClFN3O2S/c16-11-3-4-13(18)14(10-11)24(22,23)21-8-6-20(7-9-21)15-12(17)2-1-5-19-15/h1-5,10H,6-9H2. The van der Waals surface area contributed by atoms with E-state index in [9.17, 15) is 12.8 Å². The van der Waals surface area contributed by atoms with Crippen LogP contribution < -0.4 is 4.90 Å². The summed E-state index contributed by atoms with van der Waals surface area (Å²) in [6.45, 7) is 1.35. The van der Waals surface area contributed by atoms with Crippen molar-refractivity contribution in [1.29, 1.82) is 0 Å². The van der Waals surface area contributed by atoms with Gasteiger partial charge in [-0.05, 0) is 30.3 Å². The second-order valence-electron chi connectivity index (χ2n) is 5.27. The minimum Gasteiger partial charge on any atom is -0.353 e. The molecule has 1 aliphatic heterocycles. The second-order valence-corrected chi connectivity index (χ2v) is 8.50. The molecule has 0 atom stereocenters. The molecule has 0 amide bonds. The average molecular weight is 435 g/mol. The van der Waals surface area contributed by atoms with Crippen molar-refractivity contribution in [2.75, 3.05) is 31.1 Å². The van der Waals surface area contributed by atoms with E-state index in [1.54, 1.807) is 18.3 Å². The zero-order valence-corrected chi connectivity index (χ0v) is 15.7. The van der Waals surface area contributed by atoms with Crippen molar-refractivity contribution in [3.05, 3.63) is 51.8 Å². The molecule has 1 fully saturated rings. The van der Waals surface area contributed by atoms with Gasteiger partial charge in [-0.15, -0.1) is 0 Å². The number of halogens is 3. The predicted octanol–water partition coefficient (Wildman–Crippen LogP) is 3.15. The number of pyridine rings is 1. The Hall–Kier alpha value is -1.22. The Morgan fingerprint density at radius 3 is 2.54 bits per heavy atom.